The molecule has 4 heavy (non-hydrogen) atoms. The van der Waals surface area contributed by atoms with Gasteiger partial charge >= 0.3 is 39.5 Å². The van der Waals surface area contributed by atoms with Crippen molar-refractivity contribution in [1.82, 2.24) is 0 Å². The molecule has 0 fully saturated rings. The maximum Gasteiger partial charge on any atom is 2.00 e. The van der Waals surface area contributed by atoms with Gasteiger partial charge in [0.15, 0.2) is 0 Å². The van der Waals surface area contributed by atoms with Gasteiger partial charge in [-0.3, -0.25) is 0 Å². The van der Waals surface area contributed by atoms with Crippen molar-refractivity contribution in [2.24, 2.45) is 0 Å². The molecule has 0 aliphatic heterocycles. The van der Waals surface area contributed by atoms with Gasteiger partial charge in [0.1, 0.15) is 0 Å². The van der Waals surface area contributed by atoms with Gasteiger partial charge in [-0.15, -0.1) is 0 Å². The van der Waals surface area contributed by atoms with Crippen LogP contribution < -0.4 is 0 Å². The molecule has 0 aliphatic carbocycles. The van der Waals surface area contributed by atoms with E-state index in [0.717, 1.165) is 0 Å². The molecule has 0 radical (unpaired) electrons. The third kappa shape index (κ3) is 9.05. The van der Waals surface area contributed by atoms with Gasteiger partial charge < -0.3 is 5.48 Å². The summed E-state index contributed by atoms with van der Waals surface area (Å²) in [5.41, 5.74) is 0. The minimum Gasteiger partial charge on any atom is -2.00 e. The summed E-state index contributed by atoms with van der Waals surface area (Å²) in [7, 11) is 0. The summed E-state index contributed by atoms with van der Waals surface area (Å²) < 4.78 is 0. The van der Waals surface area contributed by atoms with Crippen LogP contribution in [0.5, 0.6) is 0 Å². The Labute approximate surface area is 66.2 Å². The third-order valence-corrected chi connectivity index (χ3v) is 0. The molecule has 0 amide bonds. The Kier molecular flexibility index (Phi) is 197. The minimum atomic E-state index is 0. The first-order valence-electron chi connectivity index (χ1n) is 0. The van der Waals surface area contributed by atoms with Crippen LogP contribution in [0.4, 0.5) is 0 Å². The second kappa shape index (κ2) is 20.4. The predicted molar refractivity (Wildman–Crippen MR) is 9.23 cm³/mol. The number of rotatable bonds is 0. The molecule has 0 heterocycles. The SMILES string of the molecule is [MgH2].[Ni+2].[O-2].[Ti]. The fourth-order valence-electron chi connectivity index (χ4n) is 0. The summed E-state index contributed by atoms with van der Waals surface area (Å²) in [4.78, 5) is 0. The van der Waals surface area contributed by atoms with Gasteiger partial charge in [-0.1, -0.05) is 0 Å². The maximum atomic E-state index is 0. The minimum absolute atomic E-state index is 0. The molecule has 24 valence electrons. The standard InChI is InChI=1S/Mg.Ni.O.Ti.2H/q;+2;-2;;;. The molecule has 0 N–H and O–H groups in total. The summed E-state index contributed by atoms with van der Waals surface area (Å²) in [6.07, 6.45) is 0. The van der Waals surface area contributed by atoms with Crippen LogP contribution in [0.1, 0.15) is 0 Å². The van der Waals surface area contributed by atoms with Crippen LogP contribution in [0.3, 0.4) is 0 Å². The smallest absolute Gasteiger partial charge is 2.00 e. The Morgan fingerprint density at radius 1 is 1.00 bits per heavy atom. The van der Waals surface area contributed by atoms with Gasteiger partial charge in [0.25, 0.3) is 0 Å². The second-order valence-electron chi connectivity index (χ2n) is 0. The van der Waals surface area contributed by atoms with E-state index in [2.05, 4.69) is 0 Å². The van der Waals surface area contributed by atoms with Crippen LogP contribution in [0.25, 0.3) is 0 Å². The van der Waals surface area contributed by atoms with E-state index in [1.54, 1.807) is 0 Å². The molecule has 0 aromatic heterocycles. The monoisotopic (exact) mass is 148 g/mol. The van der Waals surface area contributed by atoms with Gasteiger partial charge in [-0.25, -0.2) is 0 Å². The molecule has 0 aliphatic rings. The van der Waals surface area contributed by atoms with Gasteiger partial charge in [0.2, 0.25) is 0 Å². The first kappa shape index (κ1) is 38.6. The van der Waals surface area contributed by atoms with Crippen molar-refractivity contribution in [3.05, 3.63) is 0 Å². The molecule has 0 aromatic carbocycles. The molecule has 0 rings (SSSR count). The largest absolute Gasteiger partial charge is 2.00 e. The summed E-state index contributed by atoms with van der Waals surface area (Å²) >= 11 is 0. The molecule has 0 aromatic rings. The van der Waals surface area contributed by atoms with Crippen LogP contribution >= 0.6 is 0 Å². The van der Waals surface area contributed by atoms with E-state index >= 15 is 0 Å². The maximum absolute atomic E-state index is 0. The van der Waals surface area contributed by atoms with Crippen LogP contribution in [-0.4, -0.2) is 23.1 Å². The van der Waals surface area contributed by atoms with Crippen molar-refractivity contribution in [3.8, 4) is 0 Å². The van der Waals surface area contributed by atoms with E-state index in [-0.39, 0.29) is 66.7 Å². The molecular weight excluding hydrogens is 147 g/mol. The van der Waals surface area contributed by atoms with Gasteiger partial charge in [0, 0.05) is 21.7 Å². The van der Waals surface area contributed by atoms with E-state index < -0.39 is 0 Å². The van der Waals surface area contributed by atoms with E-state index in [1.807, 2.05) is 0 Å². The summed E-state index contributed by atoms with van der Waals surface area (Å²) in [6, 6.07) is 0. The van der Waals surface area contributed by atoms with Crippen LogP contribution in [0.15, 0.2) is 0 Å². The molecular formula is H2MgNiOTi. The number of hydrogen-bond acceptors (Lipinski definition) is 0. The molecule has 0 unspecified atom stereocenters. The van der Waals surface area contributed by atoms with Gasteiger partial charge in [0.05, 0.1) is 0 Å². The van der Waals surface area contributed by atoms with Crippen LogP contribution in [0.2, 0.25) is 0 Å². The van der Waals surface area contributed by atoms with Crippen molar-refractivity contribution < 1.29 is 43.7 Å². The normalized spacial score (nSPS) is 0. The van der Waals surface area contributed by atoms with E-state index in [9.17, 15) is 0 Å². The first-order valence-corrected chi connectivity index (χ1v) is 0. The summed E-state index contributed by atoms with van der Waals surface area (Å²) in [5, 5.41) is 0. The van der Waals surface area contributed by atoms with E-state index in [1.165, 1.54) is 0 Å². The zero-order valence-corrected chi connectivity index (χ0v) is 3.77. The average Bonchev–Trinajstić information content (AvgIpc) is 0. The molecule has 1 nitrogen and oxygen atoms in total. The zero-order chi connectivity index (χ0) is 0. The van der Waals surface area contributed by atoms with Crippen molar-refractivity contribution in [2.75, 3.05) is 0 Å². The predicted octanol–water partition coefficient (Wildman–Crippen LogP) is -1.04. The molecule has 0 saturated carbocycles. The topological polar surface area (TPSA) is 28.5 Å². The molecule has 4 heteroatoms. The summed E-state index contributed by atoms with van der Waals surface area (Å²) in [5.74, 6) is 0. The Bertz CT molecular complexity index is 8.00. The average molecular weight is 149 g/mol. The molecule has 0 saturated heterocycles. The summed E-state index contributed by atoms with van der Waals surface area (Å²) in [6.45, 7) is 0. The Morgan fingerprint density at radius 3 is 1.00 bits per heavy atom. The fraction of sp³-hybridized carbons (Fsp3) is 0. The molecule has 0 bridgehead atoms. The van der Waals surface area contributed by atoms with Crippen LogP contribution in [0, 0.1) is 0 Å². The Balaban J connectivity index is 0. The number of hydrogen-bond donors (Lipinski definition) is 0. The van der Waals surface area contributed by atoms with Crippen LogP contribution in [-0.2, 0) is 43.7 Å². The third-order valence-electron chi connectivity index (χ3n) is 0. The molecule has 0 spiro atoms. The van der Waals surface area contributed by atoms with Crippen molar-refractivity contribution in [2.45, 2.75) is 0 Å². The second-order valence-corrected chi connectivity index (χ2v) is 0. The van der Waals surface area contributed by atoms with Crippen molar-refractivity contribution in [1.29, 1.82) is 0 Å². The Morgan fingerprint density at radius 2 is 1.00 bits per heavy atom. The quantitative estimate of drug-likeness (QED) is 0.393. The van der Waals surface area contributed by atoms with Gasteiger partial charge in [-0.2, -0.15) is 0 Å². The van der Waals surface area contributed by atoms with Crippen molar-refractivity contribution >= 4 is 23.1 Å². The van der Waals surface area contributed by atoms with Crippen molar-refractivity contribution in [3.63, 3.8) is 0 Å². The first-order chi connectivity index (χ1) is 0. The fourth-order valence-corrected chi connectivity index (χ4v) is 0. The Hall–Kier alpha value is 1.93. The van der Waals surface area contributed by atoms with E-state index in [4.69, 9.17) is 0 Å². The van der Waals surface area contributed by atoms with Gasteiger partial charge in [-0.05, 0) is 0 Å². The molecule has 0 atom stereocenters. The van der Waals surface area contributed by atoms with E-state index in [0.29, 0.717) is 0 Å². The zero-order valence-electron chi connectivity index (χ0n) is 1.22.